The number of H-pyrrole nitrogens is 1. The summed E-state index contributed by atoms with van der Waals surface area (Å²) < 4.78 is 43.2. The van der Waals surface area contributed by atoms with Gasteiger partial charge in [0.25, 0.3) is 21.6 Å². The van der Waals surface area contributed by atoms with Gasteiger partial charge in [0.15, 0.2) is 0 Å². The fraction of sp³-hybridized carbons (Fsp3) is 0.544. The number of hydrogen-bond donors (Lipinski definition) is 4. The Balaban J connectivity index is 0.862. The van der Waals surface area contributed by atoms with Crippen molar-refractivity contribution in [1.82, 2.24) is 24.5 Å². The molecular formula is C57H73N9O8S. The lowest BCUT2D eigenvalue weighted by Gasteiger charge is -2.58. The number of nitro benzene ring substituents is 1. The molecule has 6 aliphatic rings. The van der Waals surface area contributed by atoms with Crippen LogP contribution < -0.4 is 24.6 Å². The molecule has 400 valence electrons. The van der Waals surface area contributed by atoms with Crippen molar-refractivity contribution in [3.05, 3.63) is 106 Å². The van der Waals surface area contributed by atoms with Crippen molar-refractivity contribution in [3.63, 3.8) is 0 Å². The molecule has 2 aliphatic carbocycles. The summed E-state index contributed by atoms with van der Waals surface area (Å²) in [5.41, 5.74) is 5.06. The van der Waals surface area contributed by atoms with Crippen LogP contribution in [-0.4, -0.2) is 126 Å². The number of hydrogen-bond acceptors (Lipinski definition) is 14. The van der Waals surface area contributed by atoms with Crippen LogP contribution in [0.2, 0.25) is 0 Å². The number of aromatic nitrogens is 2. The number of fused-ring (bicyclic) bond motifs is 3. The fourth-order valence-electron chi connectivity index (χ4n) is 13.2. The number of anilines is 4. The van der Waals surface area contributed by atoms with E-state index < -0.39 is 43.1 Å². The standard InChI is InChI=1S/C57H73N9O8S/c1-36(2)43-8-6-7-9-44(43)51-34-63(37(3)4)25-26-64(51)41-31-57(32-41)20-23-62(24-21-57)40-10-12-45(48(29-40)65-47-17-27-73-35-52(47)74-55-50(65)28-39-16-22-58-53(39)60-55)54(67)61-75(71,72)42-11-13-46(49(30-42)66(69)70)59-33-38-14-18-56(5,68)19-15-38/h6-13,16,22,28-30,36-38,41,47,51-52,59,68H,14-15,17-21,23-27,31-35H2,1-5H3,(H,58,60)(H,61,67)/t38-,47-,51-,52-,56-/m0/s1. The van der Waals surface area contributed by atoms with Gasteiger partial charge in [-0.2, -0.15) is 4.98 Å². The van der Waals surface area contributed by atoms with Gasteiger partial charge in [-0.25, -0.2) is 13.1 Å². The number of piperidine rings is 1. The normalized spacial score (nSPS) is 25.4. The lowest BCUT2D eigenvalue weighted by Crippen LogP contribution is -2.60. The van der Waals surface area contributed by atoms with E-state index >= 15 is 0 Å². The third kappa shape index (κ3) is 10.2. The highest BCUT2D eigenvalue weighted by Crippen LogP contribution is 2.54. The van der Waals surface area contributed by atoms with Gasteiger partial charge in [0.1, 0.15) is 23.1 Å². The quantitative estimate of drug-likeness (QED) is 0.0643. The van der Waals surface area contributed by atoms with Gasteiger partial charge in [0.2, 0.25) is 5.88 Å². The highest BCUT2D eigenvalue weighted by molar-refractivity contribution is 7.90. The Morgan fingerprint density at radius 3 is 2.47 bits per heavy atom. The molecule has 18 heteroatoms. The van der Waals surface area contributed by atoms with Crippen molar-refractivity contribution in [2.75, 3.05) is 67.6 Å². The molecule has 4 N–H and O–H groups in total. The van der Waals surface area contributed by atoms with Crippen LogP contribution in [0.1, 0.15) is 126 Å². The number of carbonyl (C=O) groups excluding carboxylic acids is 1. The van der Waals surface area contributed by atoms with Crippen molar-refractivity contribution >= 4 is 55.4 Å². The van der Waals surface area contributed by atoms with Crippen molar-refractivity contribution < 1.29 is 32.7 Å². The second-order valence-electron chi connectivity index (χ2n) is 23.3. The van der Waals surface area contributed by atoms with E-state index in [-0.39, 0.29) is 28.6 Å². The zero-order chi connectivity index (χ0) is 52.4. The van der Waals surface area contributed by atoms with E-state index in [0.717, 1.165) is 75.5 Å². The lowest BCUT2D eigenvalue weighted by atomic mass is 9.59. The Hall–Kier alpha value is -5.79. The molecule has 5 aromatic rings. The van der Waals surface area contributed by atoms with Crippen molar-refractivity contribution in [3.8, 4) is 5.88 Å². The number of benzene rings is 3. The summed E-state index contributed by atoms with van der Waals surface area (Å²) in [5.74, 6) is 0.148. The average molecular weight is 1040 g/mol. The molecule has 1 spiro atoms. The molecular weight excluding hydrogens is 971 g/mol. The van der Waals surface area contributed by atoms with Gasteiger partial charge in [-0.3, -0.25) is 24.7 Å². The van der Waals surface area contributed by atoms with Crippen LogP contribution in [0.25, 0.3) is 11.0 Å². The molecule has 17 nitrogen and oxygen atoms in total. The number of rotatable bonds is 13. The average Bonchev–Trinajstić information content (AvgIpc) is 3.85. The molecule has 75 heavy (non-hydrogen) atoms. The number of amides is 1. The van der Waals surface area contributed by atoms with E-state index in [1.807, 2.05) is 37.4 Å². The summed E-state index contributed by atoms with van der Waals surface area (Å²) in [7, 11) is -4.62. The number of aliphatic hydroxyl groups is 1. The summed E-state index contributed by atoms with van der Waals surface area (Å²) in [5, 5.41) is 26.8. The van der Waals surface area contributed by atoms with Crippen molar-refractivity contribution in [1.29, 1.82) is 0 Å². The number of nitro groups is 1. The molecule has 0 bridgehead atoms. The Labute approximate surface area is 440 Å². The maximum Gasteiger partial charge on any atom is 0.293 e. The second kappa shape index (κ2) is 20.3. The lowest BCUT2D eigenvalue weighted by molar-refractivity contribution is -0.384. The minimum Gasteiger partial charge on any atom is -0.468 e. The van der Waals surface area contributed by atoms with Gasteiger partial charge in [-0.15, -0.1) is 0 Å². The fourth-order valence-corrected chi connectivity index (χ4v) is 14.2. The molecule has 3 aromatic carbocycles. The first kappa shape index (κ1) is 51.3. The summed E-state index contributed by atoms with van der Waals surface area (Å²) in [6.45, 7) is 17.1. The van der Waals surface area contributed by atoms with E-state index in [9.17, 15) is 28.4 Å². The van der Waals surface area contributed by atoms with Crippen molar-refractivity contribution in [2.45, 2.75) is 139 Å². The second-order valence-corrected chi connectivity index (χ2v) is 24.9. The van der Waals surface area contributed by atoms with E-state index in [2.05, 4.69) is 86.6 Å². The van der Waals surface area contributed by atoms with Crippen molar-refractivity contribution in [2.24, 2.45) is 11.3 Å². The molecule has 2 aromatic heterocycles. The number of piperazine rings is 1. The predicted octanol–water partition coefficient (Wildman–Crippen LogP) is 9.27. The van der Waals surface area contributed by atoms with E-state index in [4.69, 9.17) is 14.5 Å². The van der Waals surface area contributed by atoms with Crippen LogP contribution in [0.5, 0.6) is 5.88 Å². The van der Waals surface area contributed by atoms with Gasteiger partial charge >= 0.3 is 0 Å². The molecule has 6 heterocycles. The Morgan fingerprint density at radius 1 is 0.947 bits per heavy atom. The summed E-state index contributed by atoms with van der Waals surface area (Å²) in [4.78, 5) is 44.1. The van der Waals surface area contributed by atoms with Crippen LogP contribution in [0.4, 0.5) is 28.4 Å². The zero-order valence-electron chi connectivity index (χ0n) is 44.0. The number of aromatic amines is 1. The van der Waals surface area contributed by atoms with E-state index in [0.29, 0.717) is 86.0 Å². The number of pyridine rings is 1. The molecule has 0 radical (unpaired) electrons. The molecule has 11 rings (SSSR count). The van der Waals surface area contributed by atoms with Gasteiger partial charge < -0.3 is 34.7 Å². The third-order valence-corrected chi connectivity index (χ3v) is 19.0. The molecule has 5 fully saturated rings. The molecule has 4 aliphatic heterocycles. The number of sulfonamides is 1. The SMILES string of the molecule is CC(C)c1ccccc1[C@@H]1CN(C(C)C)CCN1C1CC2(CCN(c3ccc(C(=O)NS(=O)(=O)c4ccc(NC[C@H]5CC[C@](C)(O)CC5)c([N+](=O)[O-])c4)c(N4c5cc6cc[nH]c6nc5O[C@H]5COCC[C@@H]54)c3)CC2)C1. The first-order valence-electron chi connectivity index (χ1n) is 27.3. The number of nitrogens with zero attached hydrogens (tertiary/aromatic N) is 6. The maximum absolute atomic E-state index is 14.8. The van der Waals surface area contributed by atoms with Crippen LogP contribution >= 0.6 is 0 Å². The maximum atomic E-state index is 14.8. The molecule has 1 amide bonds. The highest BCUT2D eigenvalue weighted by atomic mass is 32.2. The Bertz CT molecular complexity index is 3040. The first-order valence-corrected chi connectivity index (χ1v) is 28.7. The van der Waals surface area contributed by atoms with Crippen LogP contribution in [0.15, 0.2) is 83.9 Å². The topological polar surface area (TPSA) is 199 Å². The van der Waals surface area contributed by atoms with Gasteiger partial charge in [-0.1, -0.05) is 38.1 Å². The molecule has 3 saturated heterocycles. The smallest absolute Gasteiger partial charge is 0.293 e. The van der Waals surface area contributed by atoms with Crippen LogP contribution in [0.3, 0.4) is 0 Å². The van der Waals surface area contributed by atoms with Gasteiger partial charge in [0.05, 0.1) is 39.3 Å². The summed E-state index contributed by atoms with van der Waals surface area (Å²) in [6.07, 6.45) is 9.19. The Morgan fingerprint density at radius 2 is 1.72 bits per heavy atom. The van der Waals surface area contributed by atoms with Crippen LogP contribution in [0, 0.1) is 21.4 Å². The largest absolute Gasteiger partial charge is 0.468 e. The van der Waals surface area contributed by atoms with Crippen LogP contribution in [-0.2, 0) is 14.8 Å². The summed E-state index contributed by atoms with van der Waals surface area (Å²) in [6, 6.07) is 23.4. The molecule has 0 unspecified atom stereocenters. The number of carbonyl (C=O) groups is 1. The first-order chi connectivity index (χ1) is 35.9. The predicted molar refractivity (Wildman–Crippen MR) is 291 cm³/mol. The number of nitrogens with one attached hydrogen (secondary N) is 3. The van der Waals surface area contributed by atoms with E-state index in [1.165, 1.54) is 36.1 Å². The molecule has 3 atom stereocenters. The molecule has 2 saturated carbocycles. The minimum absolute atomic E-state index is 0.121. The summed E-state index contributed by atoms with van der Waals surface area (Å²) >= 11 is 0. The zero-order valence-corrected chi connectivity index (χ0v) is 44.8. The highest BCUT2D eigenvalue weighted by Gasteiger charge is 2.50. The Kier molecular flexibility index (Phi) is 13.9. The van der Waals surface area contributed by atoms with Gasteiger partial charge in [0, 0.05) is 87.3 Å². The minimum atomic E-state index is -4.62. The van der Waals surface area contributed by atoms with Gasteiger partial charge in [-0.05, 0) is 149 Å². The number of ether oxygens (including phenoxy) is 2. The third-order valence-electron chi connectivity index (χ3n) is 17.7. The monoisotopic (exact) mass is 1040 g/mol. The van der Waals surface area contributed by atoms with E-state index in [1.54, 1.807) is 6.07 Å².